The summed E-state index contributed by atoms with van der Waals surface area (Å²) < 4.78 is 22.5. The summed E-state index contributed by atoms with van der Waals surface area (Å²) in [5.41, 5.74) is 1.28. The van der Waals surface area contributed by atoms with Gasteiger partial charge in [-0.05, 0) is 22.9 Å². The van der Waals surface area contributed by atoms with Crippen molar-refractivity contribution in [3.63, 3.8) is 0 Å². The van der Waals surface area contributed by atoms with Crippen LogP contribution in [0.3, 0.4) is 0 Å². The number of esters is 2. The molecular formula is C24H28N6O8. The second-order valence-corrected chi connectivity index (χ2v) is 8.83. The van der Waals surface area contributed by atoms with Crippen LogP contribution in [0.15, 0.2) is 44.4 Å². The Hall–Kier alpha value is -4.20. The van der Waals surface area contributed by atoms with Gasteiger partial charge < -0.3 is 23.8 Å². The van der Waals surface area contributed by atoms with E-state index < -0.39 is 42.6 Å². The molecule has 14 heteroatoms. The highest BCUT2D eigenvalue weighted by atomic mass is 16.6. The molecule has 0 spiro atoms. The summed E-state index contributed by atoms with van der Waals surface area (Å²) in [7, 11) is 0. The minimum absolute atomic E-state index is 0.0663. The number of hydrogen-bond donors (Lipinski definition) is 1. The molecule has 1 aromatic carbocycles. The van der Waals surface area contributed by atoms with E-state index in [2.05, 4.69) is 25.5 Å². The van der Waals surface area contributed by atoms with Gasteiger partial charge in [-0.3, -0.25) is 24.7 Å². The summed E-state index contributed by atoms with van der Waals surface area (Å²) in [6.07, 6.45) is -0.190. The van der Waals surface area contributed by atoms with E-state index >= 15 is 0 Å². The van der Waals surface area contributed by atoms with Gasteiger partial charge in [-0.1, -0.05) is 12.1 Å². The van der Waals surface area contributed by atoms with E-state index in [-0.39, 0.29) is 37.4 Å². The number of guanidine groups is 1. The Bertz CT molecular complexity index is 1170. The molecule has 38 heavy (non-hydrogen) atoms. The van der Waals surface area contributed by atoms with Crippen molar-refractivity contribution >= 4 is 41.7 Å². The van der Waals surface area contributed by atoms with Crippen molar-refractivity contribution in [2.45, 2.75) is 64.3 Å². The lowest BCUT2D eigenvalue weighted by Crippen LogP contribution is -2.49. The molecule has 1 fully saturated rings. The van der Waals surface area contributed by atoms with E-state index in [4.69, 9.17) is 18.9 Å². The fourth-order valence-electron chi connectivity index (χ4n) is 4.26. The van der Waals surface area contributed by atoms with Crippen LogP contribution in [-0.4, -0.2) is 84.8 Å². The van der Waals surface area contributed by atoms with Gasteiger partial charge in [0.1, 0.15) is 30.7 Å². The lowest BCUT2D eigenvalue weighted by Gasteiger charge is -2.31. The van der Waals surface area contributed by atoms with Gasteiger partial charge >= 0.3 is 11.9 Å². The van der Waals surface area contributed by atoms with E-state index in [0.717, 1.165) is 5.56 Å². The predicted octanol–water partition coefficient (Wildman–Crippen LogP) is 1.20. The average Bonchev–Trinajstić information content (AvgIpc) is 3.46. The lowest BCUT2D eigenvalue weighted by molar-refractivity contribution is -0.156. The van der Waals surface area contributed by atoms with Crippen LogP contribution in [-0.2, 0) is 39.8 Å². The molecule has 3 aliphatic heterocycles. The zero-order valence-corrected chi connectivity index (χ0v) is 21.1. The zero-order chi connectivity index (χ0) is 27.2. The molecule has 1 N–H and O–H groups in total. The molecule has 14 nitrogen and oxygen atoms in total. The van der Waals surface area contributed by atoms with Crippen LogP contribution in [0.4, 0.5) is 5.69 Å². The highest BCUT2D eigenvalue weighted by molar-refractivity contribution is 6.05. The van der Waals surface area contributed by atoms with Gasteiger partial charge in [0, 0.05) is 33.6 Å². The largest absolute Gasteiger partial charge is 0.479 e. The number of amides is 1. The minimum atomic E-state index is -0.673. The molecule has 5 unspecified atom stereocenters. The first-order valence-corrected chi connectivity index (χ1v) is 12.0. The molecule has 0 saturated carbocycles. The Balaban J connectivity index is 1.46. The molecule has 0 radical (unpaired) electrons. The van der Waals surface area contributed by atoms with Gasteiger partial charge in [0.2, 0.25) is 17.8 Å². The Morgan fingerprint density at radius 2 is 1.92 bits per heavy atom. The normalized spacial score (nSPS) is 25.7. The van der Waals surface area contributed by atoms with Crippen LogP contribution < -0.4 is 5.32 Å². The van der Waals surface area contributed by atoms with Crippen molar-refractivity contribution < 1.29 is 33.3 Å². The molecule has 4 rings (SSSR count). The van der Waals surface area contributed by atoms with Crippen LogP contribution in [0.2, 0.25) is 0 Å². The third kappa shape index (κ3) is 6.56. The number of carbonyl (C=O) groups is 3. The molecule has 0 bridgehead atoms. The van der Waals surface area contributed by atoms with Crippen LogP contribution >= 0.6 is 0 Å². The molecule has 1 saturated heterocycles. The van der Waals surface area contributed by atoms with Crippen molar-refractivity contribution in [1.29, 1.82) is 0 Å². The van der Waals surface area contributed by atoms with E-state index in [0.29, 0.717) is 12.1 Å². The van der Waals surface area contributed by atoms with E-state index in [1.165, 1.54) is 20.8 Å². The number of ether oxygens (including phenoxy) is 4. The standard InChI is InChI=1S/C24H28N6O8/c1-13(31)26-24-27-22-21(23(28-24)35-9-8-16-4-6-17(29-34)7-5-16)25-12-30(22)20-10-18(37-15(3)33)19(38-20)11-36-14(2)32/h4-7,12,18-22H,8-11H2,1-3H3,(H,26,27,31). The van der Waals surface area contributed by atoms with Crippen LogP contribution in [0.1, 0.15) is 32.8 Å². The number of carbonyl (C=O) groups excluding carboxylic acids is 3. The molecule has 0 aliphatic carbocycles. The number of nitroso groups, excluding NO2 is 1. The Morgan fingerprint density at radius 3 is 2.58 bits per heavy atom. The monoisotopic (exact) mass is 528 g/mol. The number of rotatable bonds is 8. The molecule has 0 aromatic heterocycles. The van der Waals surface area contributed by atoms with E-state index in [1.54, 1.807) is 35.5 Å². The summed E-state index contributed by atoms with van der Waals surface area (Å²) >= 11 is 0. The Labute approximate surface area is 218 Å². The van der Waals surface area contributed by atoms with Gasteiger partial charge in [-0.15, -0.1) is 4.91 Å². The quantitative estimate of drug-likeness (QED) is 0.385. The first kappa shape index (κ1) is 26.9. The maximum Gasteiger partial charge on any atom is 0.303 e. The fraction of sp³-hybridized carbons (Fsp3) is 0.500. The van der Waals surface area contributed by atoms with Gasteiger partial charge in [0.05, 0.1) is 12.9 Å². The highest BCUT2D eigenvalue weighted by Crippen LogP contribution is 2.32. The average molecular weight is 529 g/mol. The molecule has 5 atom stereocenters. The van der Waals surface area contributed by atoms with E-state index in [1.807, 2.05) is 0 Å². The van der Waals surface area contributed by atoms with Crippen molar-refractivity contribution in [2.24, 2.45) is 20.2 Å². The number of nitrogens with zero attached hydrogens (tertiary/aromatic N) is 5. The number of hydrogen-bond acceptors (Lipinski definition) is 13. The summed E-state index contributed by atoms with van der Waals surface area (Å²) in [6.45, 7) is 4.10. The number of aliphatic imine (C=N–C) groups is 3. The van der Waals surface area contributed by atoms with Crippen LogP contribution in [0.5, 0.6) is 0 Å². The SMILES string of the molecule is CC(=O)NC1=NC2C(N=CN2C2CC(OC(C)=O)C(COC(C)=O)O2)C(OCCc2ccc(N=O)cc2)=N1. The zero-order valence-electron chi connectivity index (χ0n) is 21.1. The first-order chi connectivity index (χ1) is 18.2. The van der Waals surface area contributed by atoms with Gasteiger partial charge in [0.25, 0.3) is 0 Å². The smallest absolute Gasteiger partial charge is 0.303 e. The molecule has 1 amide bonds. The number of fused-ring (bicyclic) bond motifs is 1. The maximum absolute atomic E-state index is 11.7. The van der Waals surface area contributed by atoms with Crippen molar-refractivity contribution in [3.8, 4) is 0 Å². The third-order valence-corrected chi connectivity index (χ3v) is 5.92. The second kappa shape index (κ2) is 11.9. The molecular weight excluding hydrogens is 500 g/mol. The first-order valence-electron chi connectivity index (χ1n) is 12.0. The van der Waals surface area contributed by atoms with Crippen molar-refractivity contribution in [1.82, 2.24) is 10.2 Å². The highest BCUT2D eigenvalue weighted by Gasteiger charge is 2.47. The van der Waals surface area contributed by atoms with Gasteiger partial charge in [-0.2, -0.15) is 4.99 Å². The third-order valence-electron chi connectivity index (χ3n) is 5.92. The summed E-state index contributed by atoms with van der Waals surface area (Å²) in [4.78, 5) is 60.4. The topological polar surface area (TPSA) is 170 Å². The molecule has 3 heterocycles. The second-order valence-electron chi connectivity index (χ2n) is 8.83. The van der Waals surface area contributed by atoms with Gasteiger partial charge in [-0.25, -0.2) is 4.99 Å². The molecule has 3 aliphatic rings. The minimum Gasteiger partial charge on any atom is -0.479 e. The molecule has 202 valence electrons. The predicted molar refractivity (Wildman–Crippen MR) is 134 cm³/mol. The Morgan fingerprint density at radius 1 is 1.16 bits per heavy atom. The van der Waals surface area contributed by atoms with Crippen LogP contribution in [0.25, 0.3) is 0 Å². The molecule has 1 aromatic rings. The fourth-order valence-corrected chi connectivity index (χ4v) is 4.26. The van der Waals surface area contributed by atoms with E-state index in [9.17, 15) is 19.3 Å². The van der Waals surface area contributed by atoms with Crippen LogP contribution in [0, 0.1) is 4.91 Å². The van der Waals surface area contributed by atoms with Gasteiger partial charge in [0.15, 0.2) is 12.2 Å². The van der Waals surface area contributed by atoms with Crippen molar-refractivity contribution in [2.75, 3.05) is 13.2 Å². The Kier molecular flexibility index (Phi) is 8.41. The summed E-state index contributed by atoms with van der Waals surface area (Å²) in [6, 6.07) is 6.22. The maximum atomic E-state index is 11.7. The number of benzene rings is 1. The summed E-state index contributed by atoms with van der Waals surface area (Å²) in [5.74, 6) is -0.981. The number of nitrogens with one attached hydrogen (secondary N) is 1. The van der Waals surface area contributed by atoms with Crippen molar-refractivity contribution in [3.05, 3.63) is 34.7 Å². The summed E-state index contributed by atoms with van der Waals surface area (Å²) in [5, 5.41) is 5.48. The lowest BCUT2D eigenvalue weighted by atomic mass is 10.1.